The van der Waals surface area contributed by atoms with E-state index in [0.717, 1.165) is 48.7 Å². The molecule has 4 aromatic rings. The van der Waals surface area contributed by atoms with Crippen LogP contribution in [0.25, 0.3) is 11.5 Å². The van der Waals surface area contributed by atoms with E-state index in [0.29, 0.717) is 17.3 Å². The molecule has 0 aliphatic carbocycles. The number of aromatic nitrogens is 3. The molecule has 2 aromatic carbocycles. The van der Waals surface area contributed by atoms with Crippen LogP contribution in [0.15, 0.2) is 82.3 Å². The Kier molecular flexibility index (Phi) is 6.07. The predicted molar refractivity (Wildman–Crippen MR) is 142 cm³/mol. The number of para-hydroxylation sites is 1. The second kappa shape index (κ2) is 9.82. The molecule has 1 saturated heterocycles. The minimum atomic E-state index is -0.970. The molecule has 4 heterocycles. The zero-order valence-corrected chi connectivity index (χ0v) is 20.3. The predicted octanol–water partition coefficient (Wildman–Crippen LogP) is 3.11. The van der Waals surface area contributed by atoms with E-state index in [-0.39, 0.29) is 11.9 Å². The lowest BCUT2D eigenvalue weighted by Crippen LogP contribution is -2.45. The molecule has 0 radical (unpaired) electrons. The largest absolute Gasteiger partial charge is 0.403 e. The highest BCUT2D eigenvalue weighted by molar-refractivity contribution is 6.19. The minimum Gasteiger partial charge on any atom is -0.403 e. The highest BCUT2D eigenvalue weighted by Gasteiger charge is 2.28. The number of pyridine rings is 1. The Labute approximate surface area is 214 Å². The SMILES string of the molecule is CN1CCN(c2ncccc2-c2nnc(NC3N=C(c4ccccc4)c4ccccc4NC3=O)o2)CC1. The quantitative estimate of drug-likeness (QED) is 0.435. The second-order valence-electron chi connectivity index (χ2n) is 9.00. The summed E-state index contributed by atoms with van der Waals surface area (Å²) >= 11 is 0. The zero-order valence-electron chi connectivity index (χ0n) is 20.3. The number of likely N-dealkylation sites (N-methyl/N-ethyl adjacent to an activating group) is 1. The summed E-state index contributed by atoms with van der Waals surface area (Å²) in [6.45, 7) is 3.63. The molecule has 2 aliphatic rings. The first-order chi connectivity index (χ1) is 18.2. The summed E-state index contributed by atoms with van der Waals surface area (Å²) < 4.78 is 5.97. The van der Waals surface area contributed by atoms with Gasteiger partial charge in [0.1, 0.15) is 5.82 Å². The van der Waals surface area contributed by atoms with Gasteiger partial charge in [0.2, 0.25) is 6.17 Å². The average molecular weight is 495 g/mol. The summed E-state index contributed by atoms with van der Waals surface area (Å²) in [6.07, 6.45) is 0.793. The van der Waals surface area contributed by atoms with Gasteiger partial charge in [0.05, 0.1) is 17.0 Å². The molecule has 0 bridgehead atoms. The van der Waals surface area contributed by atoms with Crippen LogP contribution in [0.3, 0.4) is 0 Å². The number of carbonyl (C=O) groups excluding carboxylic acids is 1. The maximum absolute atomic E-state index is 13.1. The highest BCUT2D eigenvalue weighted by atomic mass is 16.4. The van der Waals surface area contributed by atoms with E-state index in [1.165, 1.54) is 0 Å². The van der Waals surface area contributed by atoms with Crippen molar-refractivity contribution in [3.63, 3.8) is 0 Å². The van der Waals surface area contributed by atoms with Gasteiger partial charge in [-0.3, -0.25) is 4.79 Å². The molecular weight excluding hydrogens is 468 g/mol. The summed E-state index contributed by atoms with van der Waals surface area (Å²) in [4.78, 5) is 27.0. The Bertz CT molecular complexity index is 1440. The third-order valence-corrected chi connectivity index (χ3v) is 6.50. The molecule has 0 spiro atoms. The van der Waals surface area contributed by atoms with E-state index in [1.54, 1.807) is 6.20 Å². The fourth-order valence-corrected chi connectivity index (χ4v) is 4.52. The van der Waals surface area contributed by atoms with Crippen LogP contribution in [0.1, 0.15) is 11.1 Å². The van der Waals surface area contributed by atoms with Crippen molar-refractivity contribution < 1.29 is 9.21 Å². The first-order valence-electron chi connectivity index (χ1n) is 12.2. The van der Waals surface area contributed by atoms with Crippen LogP contribution >= 0.6 is 0 Å². The van der Waals surface area contributed by atoms with Gasteiger partial charge in [-0.15, -0.1) is 5.10 Å². The normalized spacial score (nSPS) is 18.0. The number of carbonyl (C=O) groups is 1. The number of hydrogen-bond acceptors (Lipinski definition) is 9. The van der Waals surface area contributed by atoms with Crippen LogP contribution in [0.2, 0.25) is 0 Å². The number of rotatable bonds is 5. The monoisotopic (exact) mass is 494 g/mol. The van der Waals surface area contributed by atoms with Crippen molar-refractivity contribution in [3.05, 3.63) is 84.1 Å². The summed E-state index contributed by atoms with van der Waals surface area (Å²) in [5.74, 6) is 0.810. The van der Waals surface area contributed by atoms with E-state index in [9.17, 15) is 4.79 Å². The molecule has 2 N–H and O–H groups in total. The molecule has 1 fully saturated rings. The number of piperazine rings is 1. The van der Waals surface area contributed by atoms with Gasteiger partial charge in [-0.1, -0.05) is 53.6 Å². The van der Waals surface area contributed by atoms with Gasteiger partial charge in [-0.25, -0.2) is 9.98 Å². The molecule has 1 amide bonds. The molecule has 2 aromatic heterocycles. The Morgan fingerprint density at radius 1 is 0.919 bits per heavy atom. The van der Waals surface area contributed by atoms with E-state index in [4.69, 9.17) is 9.41 Å². The number of hydrogen-bond donors (Lipinski definition) is 2. The molecule has 10 heteroatoms. The van der Waals surface area contributed by atoms with Gasteiger partial charge >= 0.3 is 6.01 Å². The summed E-state index contributed by atoms with van der Waals surface area (Å²) in [5, 5.41) is 14.4. The van der Waals surface area contributed by atoms with E-state index >= 15 is 0 Å². The Balaban J connectivity index is 1.30. The van der Waals surface area contributed by atoms with E-state index in [2.05, 4.69) is 42.7 Å². The fourth-order valence-electron chi connectivity index (χ4n) is 4.52. The van der Waals surface area contributed by atoms with Crippen molar-refractivity contribution in [2.24, 2.45) is 4.99 Å². The first-order valence-corrected chi connectivity index (χ1v) is 12.2. The number of aliphatic imine (C=N–C) groups is 1. The van der Waals surface area contributed by atoms with Gasteiger partial charge in [0.15, 0.2) is 0 Å². The lowest BCUT2D eigenvalue weighted by Gasteiger charge is -2.33. The van der Waals surface area contributed by atoms with Gasteiger partial charge in [-0.2, -0.15) is 0 Å². The van der Waals surface area contributed by atoms with Crippen LogP contribution in [0, 0.1) is 0 Å². The Morgan fingerprint density at radius 3 is 2.51 bits per heavy atom. The molecule has 37 heavy (non-hydrogen) atoms. The molecular formula is C27H26N8O2. The maximum Gasteiger partial charge on any atom is 0.317 e. The Hall–Kier alpha value is -4.57. The molecule has 10 nitrogen and oxygen atoms in total. The number of nitrogens with zero attached hydrogens (tertiary/aromatic N) is 6. The number of benzene rings is 2. The maximum atomic E-state index is 13.1. The van der Waals surface area contributed by atoms with Crippen molar-refractivity contribution in [2.45, 2.75) is 6.17 Å². The average Bonchev–Trinajstić information content (AvgIpc) is 3.35. The van der Waals surface area contributed by atoms with Gasteiger partial charge in [-0.05, 0) is 25.2 Å². The van der Waals surface area contributed by atoms with E-state index < -0.39 is 6.17 Å². The summed E-state index contributed by atoms with van der Waals surface area (Å²) in [5.41, 5.74) is 3.87. The number of nitrogens with one attached hydrogen (secondary N) is 2. The Morgan fingerprint density at radius 2 is 1.68 bits per heavy atom. The number of fused-ring (bicyclic) bond motifs is 1. The van der Waals surface area contributed by atoms with Crippen molar-refractivity contribution in [1.82, 2.24) is 20.1 Å². The smallest absolute Gasteiger partial charge is 0.317 e. The lowest BCUT2D eigenvalue weighted by atomic mass is 10.0. The van der Waals surface area contributed by atoms with Crippen LogP contribution in [0.4, 0.5) is 17.5 Å². The lowest BCUT2D eigenvalue weighted by molar-refractivity contribution is -0.116. The molecule has 2 aliphatic heterocycles. The topological polar surface area (TPSA) is 112 Å². The highest BCUT2D eigenvalue weighted by Crippen LogP contribution is 2.30. The van der Waals surface area contributed by atoms with Crippen molar-refractivity contribution >= 4 is 29.1 Å². The van der Waals surface area contributed by atoms with Crippen LogP contribution in [-0.4, -0.2) is 71.1 Å². The second-order valence-corrected chi connectivity index (χ2v) is 9.00. The standard InChI is InChI=1S/C27H26N8O2/c1-34-14-16-35(17-15-34)24-20(11-7-13-28-24)26-32-33-27(37-26)31-23-25(36)29-21-12-6-5-10-19(21)22(30-23)18-8-3-2-4-9-18/h2-13,23H,14-17H2,1H3,(H,29,36)(H,31,33). The molecule has 1 unspecified atom stereocenters. The number of anilines is 3. The number of benzodiazepines with no additional fused rings is 1. The summed E-state index contributed by atoms with van der Waals surface area (Å²) in [6, 6.07) is 21.2. The van der Waals surface area contributed by atoms with Crippen molar-refractivity contribution in [2.75, 3.05) is 48.8 Å². The molecule has 186 valence electrons. The number of amides is 1. The first kappa shape index (κ1) is 22.9. The third kappa shape index (κ3) is 4.66. The summed E-state index contributed by atoms with van der Waals surface area (Å²) in [7, 11) is 2.11. The van der Waals surface area contributed by atoms with Gasteiger partial charge in [0, 0.05) is 43.5 Å². The van der Waals surface area contributed by atoms with Crippen molar-refractivity contribution in [3.8, 4) is 11.5 Å². The van der Waals surface area contributed by atoms with Crippen LogP contribution in [0.5, 0.6) is 0 Å². The molecule has 0 saturated carbocycles. The van der Waals surface area contributed by atoms with Gasteiger partial charge < -0.3 is 24.9 Å². The van der Waals surface area contributed by atoms with E-state index in [1.807, 2.05) is 66.7 Å². The molecule has 1 atom stereocenters. The molecule has 6 rings (SSSR count). The fraction of sp³-hybridized carbons (Fsp3) is 0.222. The van der Waals surface area contributed by atoms with Crippen molar-refractivity contribution in [1.29, 1.82) is 0 Å². The van der Waals surface area contributed by atoms with Crippen LogP contribution < -0.4 is 15.5 Å². The van der Waals surface area contributed by atoms with Crippen LogP contribution in [-0.2, 0) is 4.79 Å². The minimum absolute atomic E-state index is 0.102. The third-order valence-electron chi connectivity index (χ3n) is 6.50. The zero-order chi connectivity index (χ0) is 25.2. The van der Waals surface area contributed by atoms with Gasteiger partial charge in [0.25, 0.3) is 11.8 Å².